The van der Waals surface area contributed by atoms with E-state index in [4.69, 9.17) is 0 Å². The molecule has 0 aromatic heterocycles. The summed E-state index contributed by atoms with van der Waals surface area (Å²) < 4.78 is 0. The number of nitrogens with one attached hydrogen (secondary N) is 1. The Morgan fingerprint density at radius 1 is 1.00 bits per heavy atom. The van der Waals surface area contributed by atoms with Crippen molar-refractivity contribution in [3.05, 3.63) is 29.8 Å². The van der Waals surface area contributed by atoms with Crippen LogP contribution >= 0.6 is 0 Å². The van der Waals surface area contributed by atoms with Crippen molar-refractivity contribution in [3.8, 4) is 0 Å². The van der Waals surface area contributed by atoms with Gasteiger partial charge in [0.2, 0.25) is 0 Å². The first-order valence-corrected chi connectivity index (χ1v) is 6.03. The molecule has 1 rings (SSSR count). The van der Waals surface area contributed by atoms with E-state index in [2.05, 4.69) is 64.2 Å². The molecule has 1 aromatic carbocycles. The molecule has 0 aliphatic heterocycles. The van der Waals surface area contributed by atoms with Gasteiger partial charge in [0.15, 0.2) is 0 Å². The zero-order valence-electron chi connectivity index (χ0n) is 11.5. The lowest BCUT2D eigenvalue weighted by Gasteiger charge is -2.34. The van der Waals surface area contributed by atoms with Crippen LogP contribution in [-0.2, 0) is 5.41 Å². The van der Waals surface area contributed by atoms with Crippen molar-refractivity contribution in [2.24, 2.45) is 5.41 Å². The van der Waals surface area contributed by atoms with Crippen LogP contribution in [0.4, 0.5) is 5.69 Å². The number of anilines is 1. The molecule has 0 bridgehead atoms. The van der Waals surface area contributed by atoms with Gasteiger partial charge in [-0.3, -0.25) is 0 Å². The predicted molar refractivity (Wildman–Crippen MR) is 73.1 cm³/mol. The molecule has 16 heavy (non-hydrogen) atoms. The van der Waals surface area contributed by atoms with Gasteiger partial charge in [-0.15, -0.1) is 0 Å². The maximum absolute atomic E-state index is 3.29. The lowest BCUT2D eigenvalue weighted by Crippen LogP contribution is -2.25. The van der Waals surface area contributed by atoms with Crippen LogP contribution in [0.15, 0.2) is 24.3 Å². The number of rotatable bonds is 3. The molecular weight excluding hydrogens is 194 g/mol. The Morgan fingerprint density at radius 2 is 1.56 bits per heavy atom. The van der Waals surface area contributed by atoms with Crippen LogP contribution in [-0.4, -0.2) is 7.05 Å². The summed E-state index contributed by atoms with van der Waals surface area (Å²) in [5, 5.41) is 3.29. The zero-order chi connectivity index (χ0) is 12.4. The Kier molecular flexibility index (Phi) is 3.67. The highest BCUT2D eigenvalue weighted by atomic mass is 14.8. The van der Waals surface area contributed by atoms with Crippen LogP contribution in [0.25, 0.3) is 0 Å². The SMILES string of the molecule is CNc1ccccc1C(C)(C)CC(C)(C)C. The summed E-state index contributed by atoms with van der Waals surface area (Å²) in [6.07, 6.45) is 1.18. The summed E-state index contributed by atoms with van der Waals surface area (Å²) in [7, 11) is 1.99. The Bertz CT molecular complexity index is 345. The monoisotopic (exact) mass is 219 g/mol. The van der Waals surface area contributed by atoms with Gasteiger partial charge in [0, 0.05) is 12.7 Å². The molecular formula is C15H25N. The molecule has 0 radical (unpaired) electrons. The van der Waals surface area contributed by atoms with Crippen LogP contribution in [0.3, 0.4) is 0 Å². The van der Waals surface area contributed by atoms with Gasteiger partial charge in [-0.05, 0) is 28.9 Å². The van der Waals surface area contributed by atoms with E-state index in [0.29, 0.717) is 5.41 Å². The Morgan fingerprint density at radius 3 is 2.06 bits per heavy atom. The van der Waals surface area contributed by atoms with Gasteiger partial charge in [0.25, 0.3) is 0 Å². The minimum absolute atomic E-state index is 0.206. The Labute approximate surface area is 100 Å². The summed E-state index contributed by atoms with van der Waals surface area (Å²) in [6, 6.07) is 8.60. The number of benzene rings is 1. The van der Waals surface area contributed by atoms with Crippen molar-refractivity contribution in [1.82, 2.24) is 0 Å². The lowest BCUT2D eigenvalue weighted by atomic mass is 9.72. The van der Waals surface area contributed by atoms with Crippen LogP contribution < -0.4 is 5.32 Å². The molecule has 0 amide bonds. The average Bonchev–Trinajstić information content (AvgIpc) is 2.14. The predicted octanol–water partition coefficient (Wildman–Crippen LogP) is 4.44. The molecule has 0 heterocycles. The first kappa shape index (κ1) is 13.1. The van der Waals surface area contributed by atoms with Crippen molar-refractivity contribution in [2.45, 2.75) is 46.5 Å². The van der Waals surface area contributed by atoms with Gasteiger partial charge in [0.05, 0.1) is 0 Å². The number of para-hydroxylation sites is 1. The van der Waals surface area contributed by atoms with E-state index in [9.17, 15) is 0 Å². The molecule has 0 aliphatic carbocycles. The molecule has 1 N–H and O–H groups in total. The fraction of sp³-hybridized carbons (Fsp3) is 0.600. The molecule has 1 nitrogen and oxygen atoms in total. The summed E-state index contributed by atoms with van der Waals surface area (Å²) in [5.41, 5.74) is 3.21. The fourth-order valence-corrected chi connectivity index (χ4v) is 2.71. The van der Waals surface area contributed by atoms with Crippen molar-refractivity contribution in [3.63, 3.8) is 0 Å². The largest absolute Gasteiger partial charge is 0.388 e. The van der Waals surface area contributed by atoms with E-state index in [-0.39, 0.29) is 5.41 Å². The van der Waals surface area contributed by atoms with Crippen molar-refractivity contribution in [2.75, 3.05) is 12.4 Å². The van der Waals surface area contributed by atoms with Crippen molar-refractivity contribution < 1.29 is 0 Å². The average molecular weight is 219 g/mol. The molecule has 0 aliphatic rings. The third-order valence-corrected chi connectivity index (χ3v) is 2.90. The first-order valence-electron chi connectivity index (χ1n) is 6.03. The molecule has 90 valence electrons. The van der Waals surface area contributed by atoms with E-state index < -0.39 is 0 Å². The molecule has 0 saturated heterocycles. The highest BCUT2D eigenvalue weighted by Gasteiger charge is 2.28. The highest BCUT2D eigenvalue weighted by molar-refractivity contribution is 5.53. The quantitative estimate of drug-likeness (QED) is 0.792. The summed E-state index contributed by atoms with van der Waals surface area (Å²) in [5.74, 6) is 0. The third-order valence-electron chi connectivity index (χ3n) is 2.90. The second kappa shape index (κ2) is 4.48. The molecule has 1 aromatic rings. The Balaban J connectivity index is 3.06. The fourth-order valence-electron chi connectivity index (χ4n) is 2.71. The molecule has 0 atom stereocenters. The minimum atomic E-state index is 0.206. The standard InChI is InChI=1S/C15H25N/c1-14(2,3)11-15(4,5)12-9-7-8-10-13(12)16-6/h7-10,16H,11H2,1-6H3. The minimum Gasteiger partial charge on any atom is -0.388 e. The van der Waals surface area contributed by atoms with E-state index in [1.54, 1.807) is 0 Å². The number of hydrogen-bond donors (Lipinski definition) is 1. The molecule has 0 fully saturated rings. The van der Waals surface area contributed by atoms with Crippen LogP contribution in [0, 0.1) is 5.41 Å². The summed E-state index contributed by atoms with van der Waals surface area (Å²) in [4.78, 5) is 0. The third kappa shape index (κ3) is 3.26. The normalized spacial score (nSPS) is 12.6. The van der Waals surface area contributed by atoms with E-state index in [0.717, 1.165) is 0 Å². The van der Waals surface area contributed by atoms with Crippen molar-refractivity contribution >= 4 is 5.69 Å². The second-order valence-electron chi connectivity index (χ2n) is 6.42. The van der Waals surface area contributed by atoms with Crippen molar-refractivity contribution in [1.29, 1.82) is 0 Å². The molecule has 0 unspecified atom stereocenters. The van der Waals surface area contributed by atoms with E-state index >= 15 is 0 Å². The van der Waals surface area contributed by atoms with Crippen LogP contribution in [0.5, 0.6) is 0 Å². The highest BCUT2D eigenvalue weighted by Crippen LogP contribution is 2.39. The van der Waals surface area contributed by atoms with E-state index in [1.807, 2.05) is 7.05 Å². The van der Waals surface area contributed by atoms with Gasteiger partial charge < -0.3 is 5.32 Å². The molecule has 0 saturated carbocycles. The van der Waals surface area contributed by atoms with Gasteiger partial charge in [-0.2, -0.15) is 0 Å². The first-order chi connectivity index (χ1) is 7.26. The maximum Gasteiger partial charge on any atom is 0.0375 e. The maximum atomic E-state index is 3.29. The lowest BCUT2D eigenvalue weighted by molar-refractivity contribution is 0.284. The molecule has 0 spiro atoms. The number of hydrogen-bond acceptors (Lipinski definition) is 1. The van der Waals surface area contributed by atoms with Gasteiger partial charge in [-0.1, -0.05) is 52.8 Å². The smallest absolute Gasteiger partial charge is 0.0375 e. The second-order valence-corrected chi connectivity index (χ2v) is 6.42. The molecule has 1 heteroatoms. The summed E-state index contributed by atoms with van der Waals surface area (Å²) >= 11 is 0. The topological polar surface area (TPSA) is 12.0 Å². The van der Waals surface area contributed by atoms with Crippen LogP contribution in [0.1, 0.15) is 46.6 Å². The van der Waals surface area contributed by atoms with Crippen LogP contribution in [0.2, 0.25) is 0 Å². The van der Waals surface area contributed by atoms with E-state index in [1.165, 1.54) is 17.7 Å². The Hall–Kier alpha value is -0.980. The van der Waals surface area contributed by atoms with Gasteiger partial charge >= 0.3 is 0 Å². The van der Waals surface area contributed by atoms with Gasteiger partial charge in [0.1, 0.15) is 0 Å². The zero-order valence-corrected chi connectivity index (χ0v) is 11.5. The summed E-state index contributed by atoms with van der Waals surface area (Å²) in [6.45, 7) is 11.6. The van der Waals surface area contributed by atoms with Gasteiger partial charge in [-0.25, -0.2) is 0 Å².